The van der Waals surface area contributed by atoms with Crippen molar-refractivity contribution in [2.75, 3.05) is 0 Å². The molecule has 0 saturated heterocycles. The van der Waals surface area contributed by atoms with Gasteiger partial charge in [0.05, 0.1) is 6.85 Å². The van der Waals surface area contributed by atoms with Gasteiger partial charge in [-0.1, -0.05) is 145 Å². The van der Waals surface area contributed by atoms with Crippen LogP contribution in [0.3, 0.4) is 0 Å². The summed E-state index contributed by atoms with van der Waals surface area (Å²) in [5.74, 6) is 0. The molecule has 0 saturated carbocycles. The Morgan fingerprint density at radius 3 is 1.51 bits per heavy atom. The first-order valence-electron chi connectivity index (χ1n) is 17.5. The van der Waals surface area contributed by atoms with Gasteiger partial charge in [-0.15, -0.1) is 0 Å². The lowest BCUT2D eigenvalue weighted by molar-refractivity contribution is 0.669. The van der Waals surface area contributed by atoms with E-state index in [0.717, 1.165) is 43.4 Å². The zero-order valence-electron chi connectivity index (χ0n) is 29.2. The van der Waals surface area contributed by atoms with E-state index in [9.17, 15) is 0 Å². The summed E-state index contributed by atoms with van der Waals surface area (Å²) >= 11 is 0. The molecule has 1 aromatic heterocycles. The molecule has 0 fully saturated rings. The van der Waals surface area contributed by atoms with E-state index in [2.05, 4.69) is 109 Å². The molecule has 0 aliphatic carbocycles. The van der Waals surface area contributed by atoms with Crippen LogP contribution in [0.4, 0.5) is 0 Å². The monoisotopic (exact) mass is 577 g/mol. The van der Waals surface area contributed by atoms with Crippen LogP contribution in [0.2, 0.25) is 0 Å². The maximum absolute atomic E-state index is 8.55. The predicted molar refractivity (Wildman–Crippen MR) is 190 cm³/mol. The molecule has 1 heterocycles. The Labute approximate surface area is 268 Å². The highest BCUT2D eigenvalue weighted by atomic mass is 16.3. The van der Waals surface area contributed by atoms with Crippen LogP contribution in [0.5, 0.6) is 0 Å². The Morgan fingerprint density at radius 2 is 0.867 bits per heavy atom. The van der Waals surface area contributed by atoms with Crippen molar-refractivity contribution in [3.8, 4) is 44.5 Å². The van der Waals surface area contributed by atoms with Crippen LogP contribution in [0.25, 0.3) is 88.0 Å². The highest BCUT2D eigenvalue weighted by Crippen LogP contribution is 2.46. The Hall–Kier alpha value is -5.92. The third-order valence-electron chi connectivity index (χ3n) is 8.76. The maximum Gasteiger partial charge on any atom is 0.135 e. The highest BCUT2D eigenvalue weighted by molar-refractivity contribution is 6.23. The molecule has 9 aromatic rings. The molecule has 0 unspecified atom stereocenters. The van der Waals surface area contributed by atoms with Crippen molar-refractivity contribution in [1.29, 1.82) is 0 Å². The predicted octanol–water partition coefficient (Wildman–Crippen LogP) is 12.6. The summed E-state index contributed by atoms with van der Waals surface area (Å²) in [4.78, 5) is 0. The lowest BCUT2D eigenvalue weighted by atomic mass is 9.83. The van der Waals surface area contributed by atoms with Gasteiger partial charge in [0.15, 0.2) is 0 Å². The Morgan fingerprint density at radius 1 is 0.356 bits per heavy atom. The van der Waals surface area contributed by atoms with Crippen molar-refractivity contribution in [2.45, 2.75) is 0 Å². The van der Waals surface area contributed by atoms with E-state index in [1.54, 1.807) is 6.07 Å². The van der Waals surface area contributed by atoms with Gasteiger partial charge in [0.2, 0.25) is 0 Å². The van der Waals surface area contributed by atoms with Gasteiger partial charge in [-0.25, -0.2) is 0 Å². The summed E-state index contributed by atoms with van der Waals surface area (Å²) in [5, 5.41) is 6.29. The number of hydrogen-bond donors (Lipinski definition) is 0. The minimum absolute atomic E-state index is 0.173. The fourth-order valence-electron chi connectivity index (χ4n) is 6.78. The molecule has 0 atom stereocenters. The molecule has 45 heavy (non-hydrogen) atoms. The van der Waals surface area contributed by atoms with Crippen molar-refractivity contribution in [1.82, 2.24) is 0 Å². The van der Waals surface area contributed by atoms with E-state index in [1.165, 1.54) is 22.3 Å². The molecule has 9 rings (SSSR count). The summed E-state index contributed by atoms with van der Waals surface area (Å²) in [6.07, 6.45) is 0. The highest BCUT2D eigenvalue weighted by Gasteiger charge is 2.19. The van der Waals surface area contributed by atoms with Crippen LogP contribution in [0.1, 0.15) is 6.85 Å². The fourth-order valence-corrected chi connectivity index (χ4v) is 6.78. The van der Waals surface area contributed by atoms with Crippen LogP contribution in [-0.2, 0) is 0 Å². The van der Waals surface area contributed by atoms with Crippen molar-refractivity contribution in [3.05, 3.63) is 170 Å². The van der Waals surface area contributed by atoms with E-state index in [0.29, 0.717) is 16.7 Å². The molecule has 0 amide bonds. The summed E-state index contributed by atoms with van der Waals surface area (Å²) in [5.41, 5.74) is 8.95. The molecular weight excluding hydrogens is 544 g/mol. The first-order chi connectivity index (χ1) is 24.4. The topological polar surface area (TPSA) is 13.1 Å². The van der Waals surface area contributed by atoms with E-state index in [-0.39, 0.29) is 29.7 Å². The summed E-state index contributed by atoms with van der Waals surface area (Å²) in [7, 11) is 0. The van der Waals surface area contributed by atoms with E-state index < -0.39 is 6.04 Å². The minimum Gasteiger partial charge on any atom is -0.456 e. The van der Waals surface area contributed by atoms with Crippen LogP contribution in [-0.4, -0.2) is 0 Å². The van der Waals surface area contributed by atoms with Gasteiger partial charge in [0.25, 0.3) is 0 Å². The fraction of sp³-hybridized carbons (Fsp3) is 0. The second-order valence-electron chi connectivity index (χ2n) is 11.3. The zero-order chi connectivity index (χ0) is 34.1. The van der Waals surface area contributed by atoms with Crippen LogP contribution in [0, 0.1) is 0 Å². The van der Waals surface area contributed by atoms with Gasteiger partial charge < -0.3 is 4.42 Å². The lowest BCUT2D eigenvalue weighted by Gasteiger charge is -2.19. The molecule has 1 nitrogen and oxygen atoms in total. The molecule has 0 aliphatic heterocycles. The minimum atomic E-state index is -0.405. The average molecular weight is 578 g/mol. The van der Waals surface area contributed by atoms with Crippen molar-refractivity contribution >= 4 is 43.5 Å². The number of benzene rings is 8. The smallest absolute Gasteiger partial charge is 0.135 e. The summed E-state index contributed by atoms with van der Waals surface area (Å²) < 4.78 is 47.8. The van der Waals surface area contributed by atoms with Gasteiger partial charge in [0, 0.05) is 10.8 Å². The van der Waals surface area contributed by atoms with E-state index in [4.69, 9.17) is 11.3 Å². The van der Waals surface area contributed by atoms with E-state index in [1.807, 2.05) is 24.3 Å². The van der Waals surface area contributed by atoms with Gasteiger partial charge in [0.1, 0.15) is 11.2 Å². The van der Waals surface area contributed by atoms with Crippen molar-refractivity contribution in [2.24, 2.45) is 0 Å². The largest absolute Gasteiger partial charge is 0.456 e. The van der Waals surface area contributed by atoms with Gasteiger partial charge in [-0.05, 0) is 90.3 Å². The molecule has 8 aromatic carbocycles. The molecule has 0 bridgehead atoms. The lowest BCUT2D eigenvalue weighted by Crippen LogP contribution is -1.92. The second kappa shape index (κ2) is 10.4. The molecule has 1 heteroatoms. The maximum atomic E-state index is 8.55. The molecule has 0 N–H and O–H groups in total. The number of hydrogen-bond acceptors (Lipinski definition) is 1. The van der Waals surface area contributed by atoms with Gasteiger partial charge >= 0.3 is 0 Å². The standard InChI is InChI=1S/C44H28O/c1-3-13-29(14-4-1)31-23-25-41-39(27-31)40-28-32(24-26-42(40)45-41)43-35-19-9-11-21-37(35)44(38-22-12-10-20-36(38)43)34-18-8-7-17-33(34)30-15-5-2-6-16-30/h1-28H/i1D,3D,4D,13D,14D. The van der Waals surface area contributed by atoms with Crippen LogP contribution in [0.15, 0.2) is 174 Å². The quantitative estimate of drug-likeness (QED) is 0.190. The molecule has 0 radical (unpaired) electrons. The molecule has 0 aliphatic rings. The SMILES string of the molecule is [2H]c1c([2H])c([2H])c(-c2ccc3oc4ccc(-c5c6ccccc6c(-c6ccccc6-c6ccccc6)c6ccccc56)cc4c3c2)c([2H])c1[2H]. The first kappa shape index (κ1) is 20.9. The van der Waals surface area contributed by atoms with Gasteiger partial charge in [-0.3, -0.25) is 0 Å². The first-order valence-corrected chi connectivity index (χ1v) is 15.0. The molecule has 0 spiro atoms. The third kappa shape index (κ3) is 4.17. The normalized spacial score (nSPS) is 13.1. The zero-order valence-corrected chi connectivity index (χ0v) is 24.2. The third-order valence-corrected chi connectivity index (χ3v) is 8.76. The number of rotatable bonds is 4. The Kier molecular flexibility index (Phi) is 4.81. The van der Waals surface area contributed by atoms with Crippen molar-refractivity contribution in [3.63, 3.8) is 0 Å². The Bertz CT molecular complexity index is 2730. The van der Waals surface area contributed by atoms with Crippen LogP contribution < -0.4 is 0 Å². The summed E-state index contributed by atoms with van der Waals surface area (Å²) in [6, 6.07) is 46.4. The molecular formula is C44H28O. The second-order valence-corrected chi connectivity index (χ2v) is 11.3. The van der Waals surface area contributed by atoms with E-state index >= 15 is 0 Å². The van der Waals surface area contributed by atoms with Gasteiger partial charge in [-0.2, -0.15) is 0 Å². The number of fused-ring (bicyclic) bond motifs is 5. The average Bonchev–Trinajstić information content (AvgIpc) is 3.53. The number of furan rings is 1. The molecule has 210 valence electrons. The van der Waals surface area contributed by atoms with Crippen LogP contribution >= 0.6 is 0 Å². The summed E-state index contributed by atoms with van der Waals surface area (Å²) in [6.45, 7) is 0. The Balaban J connectivity index is 1.30. The van der Waals surface area contributed by atoms with Crippen molar-refractivity contribution < 1.29 is 11.3 Å².